The molecule has 7 N–H and O–H groups in total. The third-order valence-electron chi connectivity index (χ3n) is 11.7. The molecule has 7 nitrogen and oxygen atoms in total. The largest absolute Gasteiger partial charge is 0.396 e. The van der Waals surface area contributed by atoms with Crippen molar-refractivity contribution in [1.82, 2.24) is 0 Å². The van der Waals surface area contributed by atoms with E-state index >= 15 is 0 Å². The summed E-state index contributed by atoms with van der Waals surface area (Å²) in [5.41, 5.74) is -5.69. The molecule has 3 unspecified atom stereocenters. The number of aliphatic hydroxyl groups is 7. The summed E-state index contributed by atoms with van der Waals surface area (Å²) in [4.78, 5) is 0. The van der Waals surface area contributed by atoms with E-state index in [-0.39, 0.29) is 17.8 Å². The molecule has 0 aromatic rings. The number of hydrogen-bond acceptors (Lipinski definition) is 7. The summed E-state index contributed by atoms with van der Waals surface area (Å²) in [5.74, 6) is 2.00. The lowest BCUT2D eigenvalue weighted by Crippen LogP contribution is -2.79. The predicted molar refractivity (Wildman–Crippen MR) is 137 cm³/mol. The summed E-state index contributed by atoms with van der Waals surface area (Å²) in [6.45, 7) is 10.6. The summed E-state index contributed by atoms with van der Waals surface area (Å²) in [7, 11) is 0. The van der Waals surface area contributed by atoms with Crippen LogP contribution in [0.2, 0.25) is 0 Å². The van der Waals surface area contributed by atoms with Crippen molar-refractivity contribution in [3.8, 4) is 0 Å². The molecule has 4 aliphatic rings. The van der Waals surface area contributed by atoms with Gasteiger partial charge in [-0.3, -0.25) is 0 Å². The predicted octanol–water partition coefficient (Wildman–Crippen LogP) is 2.14. The first-order chi connectivity index (χ1) is 16.7. The molecule has 4 aliphatic carbocycles. The Morgan fingerprint density at radius 1 is 0.944 bits per heavy atom. The maximum absolute atomic E-state index is 12.3. The van der Waals surface area contributed by atoms with Gasteiger partial charge in [-0.25, -0.2) is 0 Å². The zero-order valence-electron chi connectivity index (χ0n) is 22.8. The molecule has 3 saturated carbocycles. The van der Waals surface area contributed by atoms with Crippen LogP contribution in [0.15, 0.2) is 11.6 Å². The fourth-order valence-electron chi connectivity index (χ4n) is 9.39. The molecule has 7 heteroatoms. The first kappa shape index (κ1) is 28.5. The molecule has 0 bridgehead atoms. The topological polar surface area (TPSA) is 142 Å². The van der Waals surface area contributed by atoms with Gasteiger partial charge in [0.25, 0.3) is 0 Å². The van der Waals surface area contributed by atoms with E-state index in [2.05, 4.69) is 34.6 Å². The fraction of sp³-hybridized carbons (Fsp3) is 0.931. The van der Waals surface area contributed by atoms with Crippen molar-refractivity contribution in [3.63, 3.8) is 0 Å². The van der Waals surface area contributed by atoms with Crippen LogP contribution in [-0.4, -0.2) is 78.0 Å². The lowest BCUT2D eigenvalue weighted by molar-refractivity contribution is -0.311. The number of aliphatic hydroxyl groups excluding tert-OH is 5. The second-order valence-corrected chi connectivity index (χ2v) is 13.5. The third kappa shape index (κ3) is 3.71. The van der Waals surface area contributed by atoms with E-state index in [9.17, 15) is 35.7 Å². The van der Waals surface area contributed by atoms with Crippen LogP contribution in [0.25, 0.3) is 0 Å². The van der Waals surface area contributed by atoms with Gasteiger partial charge in [-0.2, -0.15) is 0 Å². The zero-order chi connectivity index (χ0) is 26.8. The monoisotopic (exact) mass is 510 g/mol. The van der Waals surface area contributed by atoms with Gasteiger partial charge in [0.1, 0.15) is 17.3 Å². The molecule has 0 radical (unpaired) electrons. The zero-order valence-corrected chi connectivity index (χ0v) is 22.8. The van der Waals surface area contributed by atoms with Gasteiger partial charge in [0.2, 0.25) is 0 Å². The van der Waals surface area contributed by atoms with Gasteiger partial charge in [0.15, 0.2) is 0 Å². The van der Waals surface area contributed by atoms with Crippen molar-refractivity contribution in [3.05, 3.63) is 11.6 Å². The van der Waals surface area contributed by atoms with Gasteiger partial charge in [-0.05, 0) is 72.7 Å². The number of rotatable bonds is 7. The summed E-state index contributed by atoms with van der Waals surface area (Å²) in [5, 5.41) is 78.3. The van der Waals surface area contributed by atoms with Crippen LogP contribution in [0, 0.1) is 40.4 Å². The fourth-order valence-corrected chi connectivity index (χ4v) is 9.39. The Bertz CT molecular complexity index is 845. The van der Waals surface area contributed by atoms with Crippen LogP contribution < -0.4 is 0 Å². The lowest BCUT2D eigenvalue weighted by atomic mass is 9.42. The van der Waals surface area contributed by atoms with Crippen molar-refractivity contribution < 1.29 is 35.7 Å². The first-order valence-corrected chi connectivity index (χ1v) is 14.2. The minimum Gasteiger partial charge on any atom is -0.396 e. The molecule has 4 rings (SSSR count). The standard InChI is InChI=1S/C29H50O7/c1-6-18(16(2)3)8-7-17(4)19-9-10-20-21-11-24(33)28(35)13-23(32)22(31)12-27(28,15-30)29(21,36)25(34)14-26(19,20)5/h11,16-20,22-25,30-36H,6-10,12-15H2,1-5H3/t17?,18?,19-,20?,22+,23+,24+,25-,26-,27-,28-,29+/m1/s1. The first-order valence-electron chi connectivity index (χ1n) is 14.2. The molecule has 3 fully saturated rings. The molecule has 36 heavy (non-hydrogen) atoms. The van der Waals surface area contributed by atoms with Gasteiger partial charge >= 0.3 is 0 Å². The van der Waals surface area contributed by atoms with E-state index in [1.807, 2.05) is 0 Å². The minimum absolute atomic E-state index is 0.114. The molecule has 0 saturated heterocycles. The number of hydrogen-bond donors (Lipinski definition) is 7. The minimum atomic E-state index is -2.08. The van der Waals surface area contributed by atoms with E-state index in [0.717, 1.165) is 25.7 Å². The van der Waals surface area contributed by atoms with Crippen LogP contribution in [0.3, 0.4) is 0 Å². The van der Waals surface area contributed by atoms with Crippen LogP contribution in [0.5, 0.6) is 0 Å². The summed E-state index contributed by atoms with van der Waals surface area (Å²) in [6.07, 6.45) is 0.952. The Balaban J connectivity index is 1.70. The molecule has 0 amide bonds. The highest BCUT2D eigenvalue weighted by atomic mass is 16.4. The molecule has 208 valence electrons. The van der Waals surface area contributed by atoms with E-state index < -0.39 is 54.1 Å². The van der Waals surface area contributed by atoms with Gasteiger partial charge in [-0.15, -0.1) is 0 Å². The van der Waals surface area contributed by atoms with Crippen LogP contribution in [-0.2, 0) is 0 Å². The Labute approximate surface area is 216 Å². The highest BCUT2D eigenvalue weighted by Gasteiger charge is 2.76. The van der Waals surface area contributed by atoms with Crippen molar-refractivity contribution in [2.75, 3.05) is 6.61 Å². The van der Waals surface area contributed by atoms with Crippen molar-refractivity contribution >= 4 is 0 Å². The molecule has 0 aromatic carbocycles. The maximum Gasteiger partial charge on any atom is 0.123 e. The smallest absolute Gasteiger partial charge is 0.123 e. The molecular weight excluding hydrogens is 460 g/mol. The second kappa shape index (κ2) is 9.58. The Morgan fingerprint density at radius 2 is 1.58 bits per heavy atom. The maximum atomic E-state index is 12.3. The van der Waals surface area contributed by atoms with E-state index in [1.165, 1.54) is 12.5 Å². The third-order valence-corrected chi connectivity index (χ3v) is 11.7. The van der Waals surface area contributed by atoms with Crippen LogP contribution >= 0.6 is 0 Å². The molecule has 0 heterocycles. The normalized spacial score (nSPS) is 50.2. The molecule has 12 atom stereocenters. The lowest BCUT2D eigenvalue weighted by Gasteiger charge is -2.67. The average Bonchev–Trinajstić information content (AvgIpc) is 3.14. The summed E-state index contributed by atoms with van der Waals surface area (Å²) < 4.78 is 0. The van der Waals surface area contributed by atoms with Crippen molar-refractivity contribution in [2.24, 2.45) is 40.4 Å². The van der Waals surface area contributed by atoms with E-state index in [1.54, 1.807) is 0 Å². The SMILES string of the molecule is CCC(CCC(C)[C@H]1CCC2C3=C[C@H](O)[C@]4(O)C[C@H](O)[C@@H](O)C[C@]4(CO)[C@@]3(O)[C@H](O)C[C@@]21C)C(C)C. The quantitative estimate of drug-likeness (QED) is 0.260. The van der Waals surface area contributed by atoms with Crippen LogP contribution in [0.1, 0.15) is 86.0 Å². The second-order valence-electron chi connectivity index (χ2n) is 13.5. The van der Waals surface area contributed by atoms with Gasteiger partial charge < -0.3 is 35.7 Å². The Hall–Kier alpha value is -0.540. The summed E-state index contributed by atoms with van der Waals surface area (Å²) in [6, 6.07) is 0. The Kier molecular flexibility index (Phi) is 7.58. The molecule has 0 aromatic heterocycles. The van der Waals surface area contributed by atoms with Gasteiger partial charge in [0.05, 0.1) is 30.3 Å². The highest BCUT2D eigenvalue weighted by Crippen LogP contribution is 2.69. The summed E-state index contributed by atoms with van der Waals surface area (Å²) >= 11 is 0. The molecular formula is C29H50O7. The number of fused-ring (bicyclic) bond motifs is 5. The van der Waals surface area contributed by atoms with E-state index in [4.69, 9.17) is 0 Å². The molecule has 0 aliphatic heterocycles. The van der Waals surface area contributed by atoms with Gasteiger partial charge in [-0.1, -0.05) is 53.5 Å². The highest BCUT2D eigenvalue weighted by molar-refractivity contribution is 5.43. The molecule has 0 spiro atoms. The average molecular weight is 511 g/mol. The Morgan fingerprint density at radius 3 is 2.17 bits per heavy atom. The van der Waals surface area contributed by atoms with Gasteiger partial charge in [0, 0.05) is 6.42 Å². The van der Waals surface area contributed by atoms with Crippen molar-refractivity contribution in [2.45, 2.75) is 122 Å². The van der Waals surface area contributed by atoms with Crippen molar-refractivity contribution in [1.29, 1.82) is 0 Å². The van der Waals surface area contributed by atoms with E-state index in [0.29, 0.717) is 35.7 Å². The van der Waals surface area contributed by atoms with Crippen LogP contribution in [0.4, 0.5) is 0 Å².